The molecule has 2 nitrogen and oxygen atoms in total. The predicted molar refractivity (Wildman–Crippen MR) is 66.9 cm³/mol. The minimum absolute atomic E-state index is 0.430. The Hall–Kier alpha value is -1.12. The van der Waals surface area contributed by atoms with Crippen LogP contribution in [-0.4, -0.2) is 25.4 Å². The first-order chi connectivity index (χ1) is 8.36. The Balaban J connectivity index is 1.85. The Bertz CT molecular complexity index is 385. The molecule has 0 N–H and O–H groups in total. The fourth-order valence-electron chi connectivity index (χ4n) is 2.22. The zero-order chi connectivity index (χ0) is 11.7. The van der Waals surface area contributed by atoms with Crippen molar-refractivity contribution in [3.8, 4) is 0 Å². The highest BCUT2D eigenvalue weighted by Gasteiger charge is 2.26. The summed E-state index contributed by atoms with van der Waals surface area (Å²) in [6, 6.07) is 6.51. The Morgan fingerprint density at radius 1 is 1.12 bits per heavy atom. The maximum Gasteiger partial charge on any atom is 0.0850 e. The van der Waals surface area contributed by atoms with Crippen molar-refractivity contribution in [2.45, 2.75) is 25.0 Å². The van der Waals surface area contributed by atoms with Gasteiger partial charge in [0.15, 0.2) is 0 Å². The summed E-state index contributed by atoms with van der Waals surface area (Å²) >= 11 is 0. The van der Waals surface area contributed by atoms with Gasteiger partial charge in [-0.25, -0.2) is 0 Å². The molecule has 2 unspecified atom stereocenters. The first kappa shape index (κ1) is 11.0. The molecule has 0 aromatic heterocycles. The summed E-state index contributed by atoms with van der Waals surface area (Å²) in [6.45, 7) is 5.62. The van der Waals surface area contributed by atoms with Crippen LogP contribution in [0.1, 0.15) is 16.7 Å². The van der Waals surface area contributed by atoms with Crippen molar-refractivity contribution >= 4 is 0 Å². The molecule has 89 valence electrons. The molecule has 2 saturated heterocycles. The van der Waals surface area contributed by atoms with Crippen molar-refractivity contribution in [1.82, 2.24) is 0 Å². The van der Waals surface area contributed by atoms with E-state index in [1.165, 1.54) is 16.7 Å². The summed E-state index contributed by atoms with van der Waals surface area (Å²) in [7, 11) is 0. The van der Waals surface area contributed by atoms with E-state index in [-0.39, 0.29) is 0 Å². The molecule has 2 aliphatic rings. The number of epoxide rings is 2. The smallest absolute Gasteiger partial charge is 0.0850 e. The lowest BCUT2D eigenvalue weighted by atomic mass is 9.93. The molecule has 2 heterocycles. The lowest BCUT2D eigenvalue weighted by Gasteiger charge is -2.12. The van der Waals surface area contributed by atoms with Gasteiger partial charge in [-0.15, -0.1) is 6.58 Å². The normalized spacial score (nSPS) is 25.6. The molecule has 0 saturated carbocycles. The van der Waals surface area contributed by atoms with E-state index < -0.39 is 0 Å². The molecule has 17 heavy (non-hydrogen) atoms. The molecular formula is C15H17O2. The second kappa shape index (κ2) is 4.63. The lowest BCUT2D eigenvalue weighted by Crippen LogP contribution is -2.04. The molecule has 2 fully saturated rings. The number of allylic oxidation sites excluding steroid dienone is 1. The van der Waals surface area contributed by atoms with Crippen LogP contribution in [0.15, 0.2) is 30.9 Å². The van der Waals surface area contributed by atoms with Gasteiger partial charge in [0.25, 0.3) is 0 Å². The van der Waals surface area contributed by atoms with Gasteiger partial charge in [-0.05, 0) is 16.7 Å². The van der Waals surface area contributed by atoms with Crippen molar-refractivity contribution in [3.63, 3.8) is 0 Å². The first-order valence-corrected chi connectivity index (χ1v) is 6.16. The molecule has 0 amide bonds. The van der Waals surface area contributed by atoms with Gasteiger partial charge in [0, 0.05) is 19.3 Å². The van der Waals surface area contributed by atoms with Crippen LogP contribution in [0.4, 0.5) is 0 Å². The summed E-state index contributed by atoms with van der Waals surface area (Å²) < 4.78 is 10.6. The third-order valence-corrected chi connectivity index (χ3v) is 3.27. The largest absolute Gasteiger partial charge is 0.373 e. The van der Waals surface area contributed by atoms with E-state index in [1.54, 1.807) is 0 Å². The van der Waals surface area contributed by atoms with Gasteiger partial charge in [0.2, 0.25) is 0 Å². The number of rotatable bonds is 6. The molecule has 2 aliphatic heterocycles. The van der Waals surface area contributed by atoms with Crippen LogP contribution in [-0.2, 0) is 22.3 Å². The fourth-order valence-corrected chi connectivity index (χ4v) is 2.22. The van der Waals surface area contributed by atoms with E-state index in [0.717, 1.165) is 26.1 Å². The second-order valence-electron chi connectivity index (χ2n) is 4.71. The van der Waals surface area contributed by atoms with Crippen molar-refractivity contribution < 1.29 is 9.47 Å². The zero-order valence-electron chi connectivity index (χ0n) is 9.89. The van der Waals surface area contributed by atoms with Gasteiger partial charge in [0.1, 0.15) is 0 Å². The summed E-state index contributed by atoms with van der Waals surface area (Å²) in [5.41, 5.74) is 4.05. The van der Waals surface area contributed by atoms with Crippen molar-refractivity contribution in [2.24, 2.45) is 0 Å². The molecule has 0 aliphatic carbocycles. The fraction of sp³-hybridized carbons (Fsp3) is 0.400. The van der Waals surface area contributed by atoms with Crippen LogP contribution < -0.4 is 0 Å². The standard InChI is InChI=1S/C15H17O2/c1-2-4-15-11(7-13-9-16-13)5-3-6-12(15)8-14-10-17-14/h2-6,13-14H,1,7-10H2. The predicted octanol–water partition coefficient (Wildman–Crippen LogP) is 2.31. The molecule has 0 spiro atoms. The molecule has 1 aromatic carbocycles. The number of hydrogen-bond donors (Lipinski definition) is 0. The molecule has 3 rings (SSSR count). The van der Waals surface area contributed by atoms with E-state index in [9.17, 15) is 0 Å². The van der Waals surface area contributed by atoms with Gasteiger partial charge >= 0.3 is 0 Å². The van der Waals surface area contributed by atoms with Gasteiger partial charge in [-0.1, -0.05) is 24.3 Å². The Morgan fingerprint density at radius 2 is 1.65 bits per heavy atom. The first-order valence-electron chi connectivity index (χ1n) is 6.16. The number of ether oxygens (including phenoxy) is 2. The van der Waals surface area contributed by atoms with Crippen LogP contribution in [0.3, 0.4) is 0 Å². The van der Waals surface area contributed by atoms with E-state index >= 15 is 0 Å². The molecule has 2 atom stereocenters. The highest BCUT2D eigenvalue weighted by molar-refractivity contribution is 5.44. The van der Waals surface area contributed by atoms with Crippen LogP contribution in [0.25, 0.3) is 0 Å². The topological polar surface area (TPSA) is 25.1 Å². The number of benzene rings is 1. The summed E-state index contributed by atoms with van der Waals surface area (Å²) in [5.74, 6) is 0. The van der Waals surface area contributed by atoms with Crippen molar-refractivity contribution in [2.75, 3.05) is 13.2 Å². The van der Waals surface area contributed by atoms with Crippen molar-refractivity contribution in [1.29, 1.82) is 0 Å². The van der Waals surface area contributed by atoms with Crippen LogP contribution in [0.5, 0.6) is 0 Å². The summed E-state index contributed by atoms with van der Waals surface area (Å²) in [6.07, 6.45) is 6.86. The van der Waals surface area contributed by atoms with Gasteiger partial charge in [-0.3, -0.25) is 0 Å². The average molecular weight is 229 g/mol. The van der Waals surface area contributed by atoms with Crippen LogP contribution >= 0.6 is 0 Å². The number of hydrogen-bond acceptors (Lipinski definition) is 2. The third-order valence-electron chi connectivity index (χ3n) is 3.27. The van der Waals surface area contributed by atoms with E-state index in [1.807, 2.05) is 6.08 Å². The SMILES string of the molecule is C=C[CH]c1c(CC2CO2)cccc1CC1CO1. The maximum atomic E-state index is 5.31. The second-order valence-corrected chi connectivity index (χ2v) is 4.71. The van der Waals surface area contributed by atoms with Crippen LogP contribution in [0.2, 0.25) is 0 Å². The molecular weight excluding hydrogens is 212 g/mol. The van der Waals surface area contributed by atoms with E-state index in [0.29, 0.717) is 12.2 Å². The lowest BCUT2D eigenvalue weighted by molar-refractivity contribution is 0.405. The van der Waals surface area contributed by atoms with Crippen molar-refractivity contribution in [3.05, 3.63) is 54.0 Å². The molecule has 2 heteroatoms. The Kier molecular flexibility index (Phi) is 3.00. The molecule has 1 aromatic rings. The quantitative estimate of drug-likeness (QED) is 0.699. The summed E-state index contributed by atoms with van der Waals surface area (Å²) in [4.78, 5) is 0. The molecule has 1 radical (unpaired) electrons. The highest BCUT2D eigenvalue weighted by atomic mass is 16.6. The van der Waals surface area contributed by atoms with E-state index in [2.05, 4.69) is 31.2 Å². The Labute approximate surface area is 102 Å². The third kappa shape index (κ3) is 2.76. The average Bonchev–Trinajstić information content (AvgIpc) is 3.17. The monoisotopic (exact) mass is 229 g/mol. The Morgan fingerprint density at radius 3 is 2.06 bits per heavy atom. The zero-order valence-corrected chi connectivity index (χ0v) is 9.89. The van der Waals surface area contributed by atoms with Gasteiger partial charge in [0.05, 0.1) is 25.4 Å². The van der Waals surface area contributed by atoms with E-state index in [4.69, 9.17) is 9.47 Å². The van der Waals surface area contributed by atoms with Gasteiger partial charge < -0.3 is 9.47 Å². The molecule has 0 bridgehead atoms. The minimum Gasteiger partial charge on any atom is -0.373 e. The maximum absolute atomic E-state index is 5.31. The summed E-state index contributed by atoms with van der Waals surface area (Å²) in [5, 5.41) is 0. The van der Waals surface area contributed by atoms with Gasteiger partial charge in [-0.2, -0.15) is 0 Å². The highest BCUT2D eigenvalue weighted by Crippen LogP contribution is 2.26. The minimum atomic E-state index is 0.430. The van der Waals surface area contributed by atoms with Crippen LogP contribution in [0, 0.1) is 6.42 Å².